The molecule has 126 valence electrons. The largest absolute Gasteiger partial charge is 0.345 e. The molecule has 24 heavy (non-hydrogen) atoms. The molecule has 0 spiro atoms. The number of piperidine rings is 1. The van der Waals surface area contributed by atoms with Gasteiger partial charge in [0, 0.05) is 6.54 Å². The van der Waals surface area contributed by atoms with Crippen molar-refractivity contribution in [2.75, 3.05) is 20.1 Å². The van der Waals surface area contributed by atoms with Gasteiger partial charge in [-0.3, -0.25) is 4.79 Å². The summed E-state index contributed by atoms with van der Waals surface area (Å²) in [6.45, 7) is 4.04. The molecule has 3 rings (SSSR count). The van der Waals surface area contributed by atoms with Crippen LogP contribution in [0, 0.1) is 12.8 Å². The van der Waals surface area contributed by atoms with Gasteiger partial charge in [0.2, 0.25) is 5.91 Å². The maximum atomic E-state index is 12.9. The zero-order chi connectivity index (χ0) is 16.9. The van der Waals surface area contributed by atoms with E-state index >= 15 is 0 Å². The normalized spacial score (nSPS) is 19.7. The van der Waals surface area contributed by atoms with E-state index in [0.717, 1.165) is 31.5 Å². The predicted octanol–water partition coefficient (Wildman–Crippen LogP) is 3.54. The molecule has 0 aliphatic carbocycles. The van der Waals surface area contributed by atoms with Crippen LogP contribution in [-0.4, -0.2) is 30.9 Å². The Kier molecular flexibility index (Phi) is 5.31. The summed E-state index contributed by atoms with van der Waals surface area (Å²) in [7, 11) is 2.09. The number of nitrogens with zero attached hydrogens (tertiary/aromatic N) is 1. The topological polar surface area (TPSA) is 32.3 Å². The molecule has 1 aliphatic rings. The summed E-state index contributed by atoms with van der Waals surface area (Å²) in [6, 6.07) is 18.4. The van der Waals surface area contributed by atoms with Crippen LogP contribution in [0.4, 0.5) is 0 Å². The van der Waals surface area contributed by atoms with Crippen molar-refractivity contribution in [2.24, 2.45) is 5.92 Å². The monoisotopic (exact) mass is 322 g/mol. The van der Waals surface area contributed by atoms with Crippen LogP contribution < -0.4 is 5.32 Å². The van der Waals surface area contributed by atoms with Crippen LogP contribution in [0.25, 0.3) is 0 Å². The number of rotatable bonds is 4. The van der Waals surface area contributed by atoms with Gasteiger partial charge in [-0.15, -0.1) is 0 Å². The first kappa shape index (κ1) is 16.7. The Bertz CT molecular complexity index is 683. The third-order valence-electron chi connectivity index (χ3n) is 4.91. The van der Waals surface area contributed by atoms with Crippen molar-refractivity contribution in [3.8, 4) is 0 Å². The minimum Gasteiger partial charge on any atom is -0.345 e. The van der Waals surface area contributed by atoms with Gasteiger partial charge in [-0.25, -0.2) is 0 Å². The molecule has 0 aromatic heterocycles. The van der Waals surface area contributed by atoms with Gasteiger partial charge in [0.1, 0.15) is 0 Å². The molecule has 0 saturated carbocycles. The molecule has 1 heterocycles. The van der Waals surface area contributed by atoms with Crippen molar-refractivity contribution in [1.82, 2.24) is 10.2 Å². The van der Waals surface area contributed by atoms with E-state index in [2.05, 4.69) is 48.5 Å². The minimum absolute atomic E-state index is 0.0824. The van der Waals surface area contributed by atoms with E-state index < -0.39 is 0 Å². The quantitative estimate of drug-likeness (QED) is 0.934. The number of hydrogen-bond donors (Lipinski definition) is 1. The van der Waals surface area contributed by atoms with Crippen LogP contribution in [0.1, 0.15) is 35.6 Å². The molecule has 3 heteroatoms. The zero-order valence-electron chi connectivity index (χ0n) is 14.5. The van der Waals surface area contributed by atoms with Crippen LogP contribution >= 0.6 is 0 Å². The summed E-state index contributed by atoms with van der Waals surface area (Å²) in [4.78, 5) is 15.1. The van der Waals surface area contributed by atoms with E-state index in [9.17, 15) is 4.79 Å². The highest BCUT2D eigenvalue weighted by atomic mass is 16.2. The van der Waals surface area contributed by atoms with Gasteiger partial charge in [0.05, 0.1) is 12.0 Å². The third-order valence-corrected chi connectivity index (χ3v) is 4.91. The molecule has 2 aromatic carbocycles. The zero-order valence-corrected chi connectivity index (χ0v) is 14.5. The smallest absolute Gasteiger partial charge is 0.225 e. The lowest BCUT2D eigenvalue weighted by atomic mass is 9.92. The highest BCUT2D eigenvalue weighted by Crippen LogP contribution is 2.26. The lowest BCUT2D eigenvalue weighted by molar-refractivity contribution is -0.127. The second-order valence-corrected chi connectivity index (χ2v) is 6.81. The Morgan fingerprint density at radius 2 is 1.83 bits per heavy atom. The van der Waals surface area contributed by atoms with Crippen LogP contribution in [0.5, 0.6) is 0 Å². The number of benzene rings is 2. The van der Waals surface area contributed by atoms with E-state index in [4.69, 9.17) is 0 Å². The van der Waals surface area contributed by atoms with E-state index in [1.807, 2.05) is 30.3 Å². The Labute approximate surface area is 144 Å². The molecule has 2 aromatic rings. The summed E-state index contributed by atoms with van der Waals surface area (Å²) < 4.78 is 0. The van der Waals surface area contributed by atoms with Crippen molar-refractivity contribution in [1.29, 1.82) is 0 Å². The average molecular weight is 322 g/mol. The number of aryl methyl sites for hydroxylation is 1. The molecule has 0 bridgehead atoms. The van der Waals surface area contributed by atoms with Crippen molar-refractivity contribution in [3.05, 3.63) is 71.3 Å². The first-order valence-electron chi connectivity index (χ1n) is 8.74. The van der Waals surface area contributed by atoms with Crippen LogP contribution in [-0.2, 0) is 4.79 Å². The lowest BCUT2D eigenvalue weighted by Crippen LogP contribution is -2.42. The number of amides is 1. The lowest BCUT2D eigenvalue weighted by Gasteiger charge is -2.30. The fraction of sp³-hybridized carbons (Fsp3) is 0.381. The Morgan fingerprint density at radius 1 is 1.12 bits per heavy atom. The van der Waals surface area contributed by atoms with Crippen molar-refractivity contribution >= 4 is 5.91 Å². The SMILES string of the molecule is Cc1ccccc1[C@@H](NC(=O)[C@@H]1CCCN(C)C1)c1ccccc1. The number of likely N-dealkylation sites (tertiary alicyclic amines) is 1. The molecule has 0 unspecified atom stereocenters. The maximum Gasteiger partial charge on any atom is 0.225 e. The Hall–Kier alpha value is -2.13. The first-order valence-corrected chi connectivity index (χ1v) is 8.74. The highest BCUT2D eigenvalue weighted by Gasteiger charge is 2.27. The third kappa shape index (κ3) is 3.85. The standard InChI is InChI=1S/C21H26N2O/c1-16-9-6-7-13-19(16)20(17-10-4-3-5-11-17)22-21(24)18-12-8-14-23(2)15-18/h3-7,9-11,13,18,20H,8,12,14-15H2,1-2H3,(H,22,24)/t18-,20+/m1/s1. The molecule has 2 atom stereocenters. The number of carbonyl (C=O) groups excluding carboxylic acids is 1. The van der Waals surface area contributed by atoms with Gasteiger partial charge >= 0.3 is 0 Å². The fourth-order valence-electron chi connectivity index (χ4n) is 3.54. The van der Waals surface area contributed by atoms with E-state index in [-0.39, 0.29) is 17.9 Å². The average Bonchev–Trinajstić information content (AvgIpc) is 2.61. The highest BCUT2D eigenvalue weighted by molar-refractivity contribution is 5.80. The van der Waals surface area contributed by atoms with Crippen molar-refractivity contribution < 1.29 is 4.79 Å². The first-order chi connectivity index (χ1) is 11.6. The van der Waals surface area contributed by atoms with Crippen LogP contribution in [0.15, 0.2) is 54.6 Å². The van der Waals surface area contributed by atoms with Gasteiger partial charge in [0.25, 0.3) is 0 Å². The van der Waals surface area contributed by atoms with Gasteiger partial charge in [-0.2, -0.15) is 0 Å². The van der Waals surface area contributed by atoms with Gasteiger partial charge in [-0.1, -0.05) is 54.6 Å². The number of hydrogen-bond acceptors (Lipinski definition) is 2. The van der Waals surface area contributed by atoms with Gasteiger partial charge in [-0.05, 0) is 50.0 Å². The van der Waals surface area contributed by atoms with E-state index in [1.54, 1.807) is 0 Å². The van der Waals surface area contributed by atoms with E-state index in [1.165, 1.54) is 11.1 Å². The molecule has 1 aliphatic heterocycles. The van der Waals surface area contributed by atoms with Gasteiger partial charge < -0.3 is 10.2 Å². The summed E-state index contributed by atoms with van der Waals surface area (Å²) in [6.07, 6.45) is 2.07. The second-order valence-electron chi connectivity index (χ2n) is 6.81. The minimum atomic E-state index is -0.0906. The number of carbonyl (C=O) groups is 1. The maximum absolute atomic E-state index is 12.9. The second kappa shape index (κ2) is 7.63. The molecular formula is C21H26N2O. The molecule has 1 amide bonds. The van der Waals surface area contributed by atoms with E-state index in [0.29, 0.717) is 0 Å². The molecule has 3 nitrogen and oxygen atoms in total. The summed E-state index contributed by atoms with van der Waals surface area (Å²) in [5.41, 5.74) is 3.50. The molecule has 1 saturated heterocycles. The summed E-state index contributed by atoms with van der Waals surface area (Å²) in [5, 5.41) is 3.32. The van der Waals surface area contributed by atoms with Crippen LogP contribution in [0.2, 0.25) is 0 Å². The van der Waals surface area contributed by atoms with Crippen molar-refractivity contribution in [2.45, 2.75) is 25.8 Å². The summed E-state index contributed by atoms with van der Waals surface area (Å²) >= 11 is 0. The number of nitrogens with one attached hydrogen (secondary N) is 1. The molecular weight excluding hydrogens is 296 g/mol. The van der Waals surface area contributed by atoms with Crippen molar-refractivity contribution in [3.63, 3.8) is 0 Å². The fourth-order valence-corrected chi connectivity index (χ4v) is 3.54. The Morgan fingerprint density at radius 3 is 2.54 bits per heavy atom. The molecule has 0 radical (unpaired) electrons. The summed E-state index contributed by atoms with van der Waals surface area (Å²) in [5.74, 6) is 0.248. The Balaban J connectivity index is 1.85. The predicted molar refractivity (Wildman–Crippen MR) is 97.8 cm³/mol. The molecule has 1 N–H and O–H groups in total. The van der Waals surface area contributed by atoms with Crippen LogP contribution in [0.3, 0.4) is 0 Å². The molecule has 1 fully saturated rings. The van der Waals surface area contributed by atoms with Gasteiger partial charge in [0.15, 0.2) is 0 Å².